The third kappa shape index (κ3) is 2.68. The van der Waals surface area contributed by atoms with Gasteiger partial charge in [-0.3, -0.25) is 4.68 Å². The zero-order valence-electron chi connectivity index (χ0n) is 9.39. The molecule has 0 saturated carbocycles. The third-order valence-corrected chi connectivity index (χ3v) is 2.25. The molecular formula is C10H13FN6. The summed E-state index contributed by atoms with van der Waals surface area (Å²) < 4.78 is 15.2. The molecule has 0 atom stereocenters. The highest BCUT2D eigenvalue weighted by atomic mass is 19.1. The Morgan fingerprint density at radius 2 is 2.29 bits per heavy atom. The maximum atomic E-state index is 13.5. The first-order chi connectivity index (χ1) is 8.16. The van der Waals surface area contributed by atoms with Gasteiger partial charge < -0.3 is 11.1 Å². The van der Waals surface area contributed by atoms with Crippen LogP contribution in [-0.2, 0) is 6.54 Å². The highest BCUT2D eigenvalue weighted by molar-refractivity contribution is 5.36. The molecule has 0 amide bonds. The van der Waals surface area contributed by atoms with Crippen LogP contribution in [-0.4, -0.2) is 26.3 Å². The number of halogens is 1. The summed E-state index contributed by atoms with van der Waals surface area (Å²) in [7, 11) is 0. The van der Waals surface area contributed by atoms with Crippen LogP contribution in [0.4, 0.5) is 15.9 Å². The van der Waals surface area contributed by atoms with E-state index in [9.17, 15) is 4.39 Å². The number of aryl methyl sites for hydroxylation is 1. The molecular weight excluding hydrogens is 223 g/mol. The topological polar surface area (TPSA) is 81.7 Å². The summed E-state index contributed by atoms with van der Waals surface area (Å²) in [6, 6.07) is 0. The van der Waals surface area contributed by atoms with Crippen molar-refractivity contribution in [2.45, 2.75) is 13.5 Å². The zero-order chi connectivity index (χ0) is 12.3. The van der Waals surface area contributed by atoms with Gasteiger partial charge in [-0.1, -0.05) is 0 Å². The second kappa shape index (κ2) is 4.77. The Bertz CT molecular complexity index is 509. The molecule has 0 spiro atoms. The van der Waals surface area contributed by atoms with Gasteiger partial charge in [0.2, 0.25) is 0 Å². The van der Waals surface area contributed by atoms with E-state index in [-0.39, 0.29) is 5.82 Å². The number of nitrogens with two attached hydrogens (primary N) is 1. The van der Waals surface area contributed by atoms with Gasteiger partial charge in [0, 0.05) is 12.7 Å². The molecule has 0 aliphatic carbocycles. The lowest BCUT2D eigenvalue weighted by molar-refractivity contribution is 0.597. The maximum absolute atomic E-state index is 13.5. The predicted octanol–water partition coefficient (Wildman–Crippen LogP) is 0.815. The largest absolute Gasteiger partial charge is 0.396 e. The van der Waals surface area contributed by atoms with Crippen molar-refractivity contribution in [3.8, 4) is 0 Å². The Labute approximate surface area is 97.7 Å². The van der Waals surface area contributed by atoms with E-state index < -0.39 is 5.82 Å². The fourth-order valence-electron chi connectivity index (χ4n) is 1.37. The van der Waals surface area contributed by atoms with Gasteiger partial charge in [0.1, 0.15) is 6.33 Å². The van der Waals surface area contributed by atoms with E-state index in [1.54, 1.807) is 24.0 Å². The van der Waals surface area contributed by atoms with Gasteiger partial charge in [-0.25, -0.2) is 14.4 Å². The minimum absolute atomic E-state index is 0.206. The average Bonchev–Trinajstić information content (AvgIpc) is 2.70. The summed E-state index contributed by atoms with van der Waals surface area (Å²) in [5, 5.41) is 6.90. The van der Waals surface area contributed by atoms with Gasteiger partial charge in [0.05, 0.1) is 24.1 Å². The first kappa shape index (κ1) is 11.3. The molecule has 6 nitrogen and oxygen atoms in total. The monoisotopic (exact) mass is 236 g/mol. The number of nitrogens with one attached hydrogen (secondary N) is 1. The van der Waals surface area contributed by atoms with E-state index in [4.69, 9.17) is 5.73 Å². The summed E-state index contributed by atoms with van der Waals surface area (Å²) in [6.07, 6.45) is 4.60. The second-order valence-electron chi connectivity index (χ2n) is 3.59. The van der Waals surface area contributed by atoms with Gasteiger partial charge >= 0.3 is 0 Å². The van der Waals surface area contributed by atoms with E-state index >= 15 is 0 Å². The quantitative estimate of drug-likeness (QED) is 0.821. The van der Waals surface area contributed by atoms with Gasteiger partial charge in [0.15, 0.2) is 11.6 Å². The fraction of sp³-hybridized carbons (Fsp3) is 0.300. The smallest absolute Gasteiger partial charge is 0.186 e. The minimum Gasteiger partial charge on any atom is -0.396 e. The van der Waals surface area contributed by atoms with Crippen molar-refractivity contribution >= 4 is 11.5 Å². The van der Waals surface area contributed by atoms with Crippen molar-refractivity contribution in [1.29, 1.82) is 0 Å². The molecule has 17 heavy (non-hydrogen) atoms. The van der Waals surface area contributed by atoms with Crippen molar-refractivity contribution < 1.29 is 4.39 Å². The molecule has 2 heterocycles. The third-order valence-electron chi connectivity index (χ3n) is 2.25. The van der Waals surface area contributed by atoms with E-state index in [0.29, 0.717) is 24.5 Å². The number of anilines is 2. The summed E-state index contributed by atoms with van der Waals surface area (Å²) in [4.78, 5) is 7.57. The summed E-state index contributed by atoms with van der Waals surface area (Å²) >= 11 is 0. The highest BCUT2D eigenvalue weighted by Gasteiger charge is 2.06. The van der Waals surface area contributed by atoms with Crippen LogP contribution in [0.15, 0.2) is 18.7 Å². The minimum atomic E-state index is -0.424. The lowest BCUT2D eigenvalue weighted by Crippen LogP contribution is -2.13. The van der Waals surface area contributed by atoms with Gasteiger partial charge in [-0.05, 0) is 6.92 Å². The zero-order valence-corrected chi connectivity index (χ0v) is 9.39. The van der Waals surface area contributed by atoms with Crippen molar-refractivity contribution in [3.63, 3.8) is 0 Å². The molecule has 0 saturated heterocycles. The number of aromatic nitrogens is 4. The van der Waals surface area contributed by atoms with Crippen LogP contribution >= 0.6 is 0 Å². The molecule has 0 aliphatic rings. The summed E-state index contributed by atoms with van der Waals surface area (Å²) in [6.45, 7) is 2.69. The van der Waals surface area contributed by atoms with Crippen LogP contribution in [0, 0.1) is 12.7 Å². The van der Waals surface area contributed by atoms with E-state index in [2.05, 4.69) is 20.4 Å². The number of hydrogen-bond acceptors (Lipinski definition) is 5. The lowest BCUT2D eigenvalue weighted by atomic mass is 10.4. The van der Waals surface area contributed by atoms with Crippen LogP contribution in [0.3, 0.4) is 0 Å². The van der Waals surface area contributed by atoms with Gasteiger partial charge in [0.25, 0.3) is 0 Å². The van der Waals surface area contributed by atoms with E-state index in [1.807, 2.05) is 0 Å². The first-order valence-electron chi connectivity index (χ1n) is 5.15. The van der Waals surface area contributed by atoms with Gasteiger partial charge in [-0.15, -0.1) is 0 Å². The Morgan fingerprint density at radius 3 is 3.00 bits per heavy atom. The lowest BCUT2D eigenvalue weighted by Gasteiger charge is -2.07. The highest BCUT2D eigenvalue weighted by Crippen LogP contribution is 2.11. The van der Waals surface area contributed by atoms with Crippen LogP contribution in [0.5, 0.6) is 0 Å². The molecule has 0 fully saturated rings. The van der Waals surface area contributed by atoms with Crippen molar-refractivity contribution in [2.75, 3.05) is 17.6 Å². The fourth-order valence-corrected chi connectivity index (χ4v) is 1.37. The van der Waals surface area contributed by atoms with E-state index in [1.165, 1.54) is 6.33 Å². The Morgan fingerprint density at radius 1 is 1.47 bits per heavy atom. The van der Waals surface area contributed by atoms with Gasteiger partial charge in [-0.2, -0.15) is 5.10 Å². The molecule has 0 unspecified atom stereocenters. The molecule has 0 radical (unpaired) electrons. The number of nitrogen functional groups attached to an aromatic ring is 1. The first-order valence-corrected chi connectivity index (χ1v) is 5.15. The predicted molar refractivity (Wildman–Crippen MR) is 61.9 cm³/mol. The molecule has 0 bridgehead atoms. The molecule has 3 N–H and O–H groups in total. The van der Waals surface area contributed by atoms with Crippen molar-refractivity contribution in [1.82, 2.24) is 19.7 Å². The molecule has 0 aromatic carbocycles. The SMILES string of the molecule is Cc1ncnc(NCCn2cc(N)cn2)c1F. The molecule has 0 aliphatic heterocycles. The van der Waals surface area contributed by atoms with Crippen molar-refractivity contribution in [2.24, 2.45) is 0 Å². The molecule has 2 rings (SSSR count). The van der Waals surface area contributed by atoms with E-state index in [0.717, 1.165) is 0 Å². The standard InChI is InChI=1S/C10H13FN6/c1-7-9(11)10(15-6-14-7)13-2-3-17-5-8(12)4-16-17/h4-6H,2-3,12H2,1H3,(H,13,14,15). The summed E-state index contributed by atoms with van der Waals surface area (Å²) in [5.41, 5.74) is 6.45. The van der Waals surface area contributed by atoms with Crippen LogP contribution in [0.1, 0.15) is 5.69 Å². The molecule has 2 aromatic heterocycles. The average molecular weight is 236 g/mol. The van der Waals surface area contributed by atoms with Crippen molar-refractivity contribution in [3.05, 3.63) is 30.2 Å². The van der Waals surface area contributed by atoms with Crippen LogP contribution in [0.25, 0.3) is 0 Å². The second-order valence-corrected chi connectivity index (χ2v) is 3.59. The van der Waals surface area contributed by atoms with Crippen LogP contribution in [0.2, 0.25) is 0 Å². The number of hydrogen-bond donors (Lipinski definition) is 2. The number of rotatable bonds is 4. The van der Waals surface area contributed by atoms with Crippen LogP contribution < -0.4 is 11.1 Å². The molecule has 7 heteroatoms. The summed E-state index contributed by atoms with van der Waals surface area (Å²) in [5.74, 6) is -0.217. The Balaban J connectivity index is 1.92. The normalized spacial score (nSPS) is 10.5. The maximum Gasteiger partial charge on any atom is 0.186 e. The Kier molecular flexibility index (Phi) is 3.17. The molecule has 2 aromatic rings. The molecule has 90 valence electrons. The number of nitrogens with zero attached hydrogens (tertiary/aromatic N) is 4. The Hall–Kier alpha value is -2.18.